The van der Waals surface area contributed by atoms with E-state index in [0.717, 1.165) is 25.1 Å². The first kappa shape index (κ1) is 23.9. The van der Waals surface area contributed by atoms with E-state index in [0.29, 0.717) is 23.4 Å². The van der Waals surface area contributed by atoms with Crippen LogP contribution in [-0.2, 0) is 6.54 Å². The van der Waals surface area contributed by atoms with Crippen molar-refractivity contribution in [2.45, 2.75) is 19.9 Å². The van der Waals surface area contributed by atoms with Gasteiger partial charge in [-0.3, -0.25) is 0 Å². The second-order valence-corrected chi connectivity index (χ2v) is 8.59. The van der Waals surface area contributed by atoms with Crippen molar-refractivity contribution in [3.05, 3.63) is 77.1 Å². The Balaban J connectivity index is 1.61. The van der Waals surface area contributed by atoms with Gasteiger partial charge >= 0.3 is 0 Å². The van der Waals surface area contributed by atoms with Gasteiger partial charge in [0.15, 0.2) is 23.3 Å². The Morgan fingerprint density at radius 2 is 1.44 bits per heavy atom. The number of nitrogens with zero attached hydrogens (tertiary/aromatic N) is 2. The Morgan fingerprint density at radius 3 is 2.06 bits per heavy atom. The molecule has 4 nitrogen and oxygen atoms in total. The fourth-order valence-corrected chi connectivity index (χ4v) is 3.97. The summed E-state index contributed by atoms with van der Waals surface area (Å²) in [7, 11) is 4.02. The van der Waals surface area contributed by atoms with Crippen LogP contribution in [0.1, 0.15) is 17.8 Å². The van der Waals surface area contributed by atoms with Crippen molar-refractivity contribution in [2.75, 3.05) is 27.2 Å². The van der Waals surface area contributed by atoms with Crippen LogP contribution in [0.15, 0.2) is 42.5 Å². The highest BCUT2D eigenvalue weighted by Crippen LogP contribution is 2.37. The Hall–Kier alpha value is -3.23. The van der Waals surface area contributed by atoms with Crippen LogP contribution in [0.4, 0.5) is 17.6 Å². The van der Waals surface area contributed by atoms with Gasteiger partial charge in [-0.2, -0.15) is 0 Å². The number of aryl methyl sites for hydroxylation is 1. The molecule has 0 bridgehead atoms. The molecule has 0 fully saturated rings. The number of aromatic amines is 1. The Labute approximate surface area is 195 Å². The lowest BCUT2D eigenvalue weighted by Crippen LogP contribution is -2.20. The van der Waals surface area contributed by atoms with Crippen molar-refractivity contribution in [1.82, 2.24) is 20.2 Å². The SMILES string of the molecule is Cc1nc2ccc(-c3c(F)c(F)c(-c4ccc(CNCCCN(C)C)cc4)c(F)c3F)cc2[nH]1. The number of imidazole rings is 1. The molecule has 0 amide bonds. The molecule has 0 aliphatic heterocycles. The zero-order valence-electron chi connectivity index (χ0n) is 19.3. The van der Waals surface area contributed by atoms with E-state index < -0.39 is 34.4 Å². The molecule has 0 saturated carbocycles. The van der Waals surface area contributed by atoms with Crippen molar-refractivity contribution in [1.29, 1.82) is 0 Å². The lowest BCUT2D eigenvalue weighted by atomic mass is 9.96. The minimum Gasteiger partial charge on any atom is -0.342 e. The molecule has 0 aliphatic carbocycles. The van der Waals surface area contributed by atoms with Gasteiger partial charge in [-0.15, -0.1) is 0 Å². The number of fused-ring (bicyclic) bond motifs is 1. The van der Waals surface area contributed by atoms with E-state index in [1.165, 1.54) is 24.3 Å². The molecule has 0 unspecified atom stereocenters. The lowest BCUT2D eigenvalue weighted by molar-refractivity contribution is 0.394. The molecule has 178 valence electrons. The van der Waals surface area contributed by atoms with E-state index in [1.54, 1.807) is 25.1 Å². The van der Waals surface area contributed by atoms with Crippen LogP contribution in [0.5, 0.6) is 0 Å². The second kappa shape index (κ2) is 9.95. The maximum absolute atomic E-state index is 15.0. The van der Waals surface area contributed by atoms with Crippen LogP contribution in [0, 0.1) is 30.2 Å². The average molecular weight is 471 g/mol. The smallest absolute Gasteiger partial charge is 0.170 e. The van der Waals surface area contributed by atoms with Crippen molar-refractivity contribution >= 4 is 11.0 Å². The minimum atomic E-state index is -1.43. The van der Waals surface area contributed by atoms with Crippen molar-refractivity contribution < 1.29 is 17.6 Å². The molecule has 1 heterocycles. The highest BCUT2D eigenvalue weighted by Gasteiger charge is 2.27. The summed E-state index contributed by atoms with van der Waals surface area (Å²) in [6.45, 7) is 4.11. The molecular weight excluding hydrogens is 444 g/mol. The molecule has 0 atom stereocenters. The van der Waals surface area contributed by atoms with Crippen LogP contribution in [0.25, 0.3) is 33.3 Å². The number of halogens is 4. The normalized spacial score (nSPS) is 11.6. The lowest BCUT2D eigenvalue weighted by Gasteiger charge is -2.13. The van der Waals surface area contributed by atoms with Crippen LogP contribution < -0.4 is 5.32 Å². The summed E-state index contributed by atoms with van der Waals surface area (Å²) in [5.74, 6) is -5.10. The first-order valence-electron chi connectivity index (χ1n) is 11.0. The summed E-state index contributed by atoms with van der Waals surface area (Å²) in [5, 5.41) is 3.30. The molecule has 0 aliphatic rings. The van der Waals surface area contributed by atoms with Crippen LogP contribution in [0.2, 0.25) is 0 Å². The van der Waals surface area contributed by atoms with Gasteiger partial charge in [0, 0.05) is 6.54 Å². The van der Waals surface area contributed by atoms with E-state index >= 15 is 17.6 Å². The number of hydrogen-bond donors (Lipinski definition) is 2. The van der Waals surface area contributed by atoms with Gasteiger partial charge in [-0.05, 0) is 69.4 Å². The molecule has 4 rings (SSSR count). The summed E-state index contributed by atoms with van der Waals surface area (Å²) in [6.07, 6.45) is 0.985. The summed E-state index contributed by atoms with van der Waals surface area (Å²) in [6, 6.07) is 10.7. The first-order valence-corrected chi connectivity index (χ1v) is 11.0. The highest BCUT2D eigenvalue weighted by atomic mass is 19.2. The largest absolute Gasteiger partial charge is 0.342 e. The van der Waals surface area contributed by atoms with E-state index in [2.05, 4.69) is 20.2 Å². The van der Waals surface area contributed by atoms with Gasteiger partial charge < -0.3 is 15.2 Å². The number of benzene rings is 3. The van der Waals surface area contributed by atoms with Gasteiger partial charge in [0.05, 0.1) is 22.2 Å². The standard InChI is InChI=1S/C26H26F4N4/c1-15-32-19-10-9-18(13-20(19)33-15)22-25(29)23(27)21(24(28)26(22)30)17-7-5-16(6-8-17)14-31-11-4-12-34(2)3/h5-10,13,31H,4,11-12,14H2,1-3H3,(H,32,33). The third kappa shape index (κ3) is 4.83. The van der Waals surface area contributed by atoms with E-state index in [4.69, 9.17) is 0 Å². The maximum Gasteiger partial charge on any atom is 0.170 e. The predicted octanol–water partition coefficient (Wildman–Crippen LogP) is 5.80. The molecule has 8 heteroatoms. The van der Waals surface area contributed by atoms with Crippen molar-refractivity contribution in [2.24, 2.45) is 0 Å². The molecule has 2 N–H and O–H groups in total. The van der Waals surface area contributed by atoms with Gasteiger partial charge in [-0.25, -0.2) is 22.5 Å². The quantitative estimate of drug-likeness (QED) is 0.194. The molecule has 0 radical (unpaired) electrons. The zero-order valence-corrected chi connectivity index (χ0v) is 19.3. The Bertz CT molecular complexity index is 1280. The van der Waals surface area contributed by atoms with Gasteiger partial charge in [0.25, 0.3) is 0 Å². The first-order chi connectivity index (χ1) is 16.3. The predicted molar refractivity (Wildman–Crippen MR) is 126 cm³/mol. The summed E-state index contributed by atoms with van der Waals surface area (Å²) in [4.78, 5) is 9.28. The Morgan fingerprint density at radius 1 is 0.853 bits per heavy atom. The number of nitrogens with one attached hydrogen (secondary N) is 2. The van der Waals surface area contributed by atoms with Crippen molar-refractivity contribution in [3.63, 3.8) is 0 Å². The molecular formula is C26H26F4N4. The molecule has 1 aromatic heterocycles. The minimum absolute atomic E-state index is 0.0196. The van der Waals surface area contributed by atoms with E-state index in [1.807, 2.05) is 14.1 Å². The fraction of sp³-hybridized carbons (Fsp3) is 0.269. The van der Waals surface area contributed by atoms with Crippen LogP contribution in [-0.4, -0.2) is 42.1 Å². The molecule has 0 spiro atoms. The summed E-state index contributed by atoms with van der Waals surface area (Å²) >= 11 is 0. The monoisotopic (exact) mass is 470 g/mol. The number of H-pyrrole nitrogens is 1. The third-order valence-corrected chi connectivity index (χ3v) is 5.68. The molecule has 0 saturated heterocycles. The van der Waals surface area contributed by atoms with Crippen LogP contribution in [0.3, 0.4) is 0 Å². The third-order valence-electron chi connectivity index (χ3n) is 5.68. The van der Waals surface area contributed by atoms with E-state index in [9.17, 15) is 0 Å². The Kier molecular flexibility index (Phi) is 7.00. The van der Waals surface area contributed by atoms with Crippen LogP contribution >= 0.6 is 0 Å². The van der Waals surface area contributed by atoms with Gasteiger partial charge in [-0.1, -0.05) is 30.3 Å². The zero-order chi connectivity index (χ0) is 24.4. The maximum atomic E-state index is 15.0. The van der Waals surface area contributed by atoms with E-state index in [-0.39, 0.29) is 11.1 Å². The van der Waals surface area contributed by atoms with Crippen molar-refractivity contribution in [3.8, 4) is 22.3 Å². The number of hydrogen-bond acceptors (Lipinski definition) is 3. The van der Waals surface area contributed by atoms with Gasteiger partial charge in [0.2, 0.25) is 0 Å². The fourth-order valence-electron chi connectivity index (χ4n) is 3.97. The summed E-state index contributed by atoms with van der Waals surface area (Å²) in [5.41, 5.74) is 0.627. The molecule has 4 aromatic rings. The number of aromatic nitrogens is 2. The second-order valence-electron chi connectivity index (χ2n) is 8.59. The summed E-state index contributed by atoms with van der Waals surface area (Å²) < 4.78 is 60.1. The average Bonchev–Trinajstić information content (AvgIpc) is 3.18. The number of rotatable bonds is 8. The molecule has 34 heavy (non-hydrogen) atoms. The van der Waals surface area contributed by atoms with Gasteiger partial charge in [0.1, 0.15) is 5.82 Å². The molecule has 3 aromatic carbocycles. The topological polar surface area (TPSA) is 44.0 Å². The highest BCUT2D eigenvalue weighted by molar-refractivity contribution is 5.83.